The fourth-order valence-electron chi connectivity index (χ4n) is 2.50. The lowest BCUT2D eigenvalue weighted by molar-refractivity contribution is -0.121. The first-order valence-electron chi connectivity index (χ1n) is 8.57. The summed E-state index contributed by atoms with van der Waals surface area (Å²) in [6, 6.07) is 9.24. The third kappa shape index (κ3) is 5.41. The van der Waals surface area contributed by atoms with Crippen LogP contribution in [0.5, 0.6) is 17.2 Å². The number of hydrogen-bond donors (Lipinski definition) is 1. The molecule has 2 rings (SSSR count). The van der Waals surface area contributed by atoms with Gasteiger partial charge in [0.2, 0.25) is 10.0 Å². The van der Waals surface area contributed by atoms with Crippen LogP contribution in [0.1, 0.15) is 5.56 Å². The molecule has 11 heteroatoms. The molecule has 2 aromatic rings. The molecule has 1 N–H and O–H groups in total. The minimum atomic E-state index is -3.93. The molecule has 9 nitrogen and oxygen atoms in total. The molecular weight excluding hydrogens is 434 g/mol. The van der Waals surface area contributed by atoms with Crippen LogP contribution in [0.25, 0.3) is 0 Å². The van der Waals surface area contributed by atoms with Crippen LogP contribution in [-0.2, 0) is 14.8 Å². The Bertz CT molecular complexity index is 1040. The highest BCUT2D eigenvalue weighted by Gasteiger charge is 2.24. The van der Waals surface area contributed by atoms with Gasteiger partial charge in [0.15, 0.2) is 11.5 Å². The molecule has 0 saturated heterocycles. The fourth-order valence-corrected chi connectivity index (χ4v) is 3.97. The number of amides is 1. The Morgan fingerprint density at radius 1 is 1.13 bits per heavy atom. The van der Waals surface area contributed by atoms with E-state index >= 15 is 0 Å². The molecule has 0 fully saturated rings. The summed E-state index contributed by atoms with van der Waals surface area (Å²) in [5, 5.41) is 4.00. The number of sulfonamides is 1. The van der Waals surface area contributed by atoms with Gasteiger partial charge in [-0.2, -0.15) is 9.41 Å². The smallest absolute Gasteiger partial charge is 0.255 e. The Labute approximate surface area is 180 Å². The molecule has 0 aliphatic heterocycles. The van der Waals surface area contributed by atoms with Gasteiger partial charge in [-0.3, -0.25) is 4.79 Å². The Morgan fingerprint density at radius 2 is 1.83 bits per heavy atom. The van der Waals surface area contributed by atoms with Gasteiger partial charge in [-0.05, 0) is 30.3 Å². The highest BCUT2D eigenvalue weighted by molar-refractivity contribution is 7.89. The number of carbonyl (C=O) groups excluding carboxylic acids is 1. The first kappa shape index (κ1) is 23.5. The van der Waals surface area contributed by atoms with Crippen molar-refractivity contribution in [3.8, 4) is 17.2 Å². The zero-order valence-corrected chi connectivity index (χ0v) is 18.5. The van der Waals surface area contributed by atoms with E-state index in [9.17, 15) is 13.2 Å². The normalized spacial score (nSPS) is 11.5. The van der Waals surface area contributed by atoms with Crippen molar-refractivity contribution in [2.45, 2.75) is 4.90 Å². The first-order chi connectivity index (χ1) is 14.2. The number of nitrogens with zero attached hydrogens (tertiary/aromatic N) is 2. The molecule has 2 aromatic carbocycles. The number of likely N-dealkylation sites (N-methyl/N-ethyl adjacent to an activating group) is 1. The third-order valence-electron chi connectivity index (χ3n) is 4.02. The lowest BCUT2D eigenvalue weighted by Crippen LogP contribution is -2.36. The quantitative estimate of drug-likeness (QED) is 0.458. The van der Waals surface area contributed by atoms with E-state index in [0.29, 0.717) is 22.8 Å². The molecule has 30 heavy (non-hydrogen) atoms. The summed E-state index contributed by atoms with van der Waals surface area (Å²) < 4.78 is 41.7. The molecule has 0 aliphatic carbocycles. The molecule has 0 heterocycles. The molecule has 0 atom stereocenters. The van der Waals surface area contributed by atoms with Crippen molar-refractivity contribution in [1.29, 1.82) is 0 Å². The maximum absolute atomic E-state index is 12.6. The Hall–Kier alpha value is -2.82. The van der Waals surface area contributed by atoms with E-state index in [1.54, 1.807) is 18.2 Å². The van der Waals surface area contributed by atoms with E-state index in [2.05, 4.69) is 10.5 Å². The van der Waals surface area contributed by atoms with Crippen LogP contribution in [0.2, 0.25) is 5.02 Å². The van der Waals surface area contributed by atoms with E-state index in [1.165, 1.54) is 52.8 Å². The van der Waals surface area contributed by atoms with Crippen LogP contribution in [0.4, 0.5) is 0 Å². The minimum absolute atomic E-state index is 0.0618. The largest absolute Gasteiger partial charge is 0.495 e. The standard InChI is InChI=1S/C19H22ClN3O6S/c1-23(30(25,26)14-8-9-16(27-2)15(20)10-14)12-18(24)22-21-11-13-6-5-7-17(28-3)19(13)29-4/h5-11H,12H2,1-4H3,(H,22,24). The highest BCUT2D eigenvalue weighted by atomic mass is 35.5. The number of nitrogens with one attached hydrogen (secondary N) is 1. The molecule has 0 saturated carbocycles. The van der Waals surface area contributed by atoms with Gasteiger partial charge < -0.3 is 14.2 Å². The van der Waals surface area contributed by atoms with E-state index in [0.717, 1.165) is 4.31 Å². The summed E-state index contributed by atoms with van der Waals surface area (Å²) >= 11 is 5.99. The van der Waals surface area contributed by atoms with Gasteiger partial charge in [0, 0.05) is 12.6 Å². The highest BCUT2D eigenvalue weighted by Crippen LogP contribution is 2.29. The SMILES string of the molecule is COc1ccc(S(=O)(=O)N(C)CC(=O)NN=Cc2cccc(OC)c2OC)cc1Cl. The van der Waals surface area contributed by atoms with Crippen molar-refractivity contribution >= 4 is 33.7 Å². The van der Waals surface area contributed by atoms with Gasteiger partial charge in [-0.1, -0.05) is 17.7 Å². The minimum Gasteiger partial charge on any atom is -0.495 e. The Balaban J connectivity index is 2.06. The molecular formula is C19H22ClN3O6S. The summed E-state index contributed by atoms with van der Waals surface area (Å²) in [7, 11) is 1.76. The number of carbonyl (C=O) groups is 1. The third-order valence-corrected chi connectivity index (χ3v) is 6.12. The lowest BCUT2D eigenvalue weighted by Gasteiger charge is -2.16. The van der Waals surface area contributed by atoms with Crippen molar-refractivity contribution in [3.05, 3.63) is 47.0 Å². The van der Waals surface area contributed by atoms with E-state index < -0.39 is 22.5 Å². The van der Waals surface area contributed by atoms with Gasteiger partial charge in [0.25, 0.3) is 5.91 Å². The van der Waals surface area contributed by atoms with Gasteiger partial charge in [0.05, 0.1) is 44.0 Å². The topological polar surface area (TPSA) is 107 Å². The van der Waals surface area contributed by atoms with Crippen molar-refractivity contribution < 1.29 is 27.4 Å². The zero-order chi connectivity index (χ0) is 22.3. The summed E-state index contributed by atoms with van der Waals surface area (Å²) in [5.41, 5.74) is 2.86. The predicted molar refractivity (Wildman–Crippen MR) is 113 cm³/mol. The molecule has 0 bridgehead atoms. The number of hydrogen-bond acceptors (Lipinski definition) is 7. The summed E-state index contributed by atoms with van der Waals surface area (Å²) in [6.07, 6.45) is 1.37. The second-order valence-corrected chi connectivity index (χ2v) is 8.39. The summed E-state index contributed by atoms with van der Waals surface area (Å²) in [5.74, 6) is 0.683. The maximum atomic E-state index is 12.6. The monoisotopic (exact) mass is 455 g/mol. The maximum Gasteiger partial charge on any atom is 0.255 e. The van der Waals surface area contributed by atoms with Gasteiger partial charge in [0.1, 0.15) is 5.75 Å². The number of methoxy groups -OCH3 is 3. The van der Waals surface area contributed by atoms with Crippen molar-refractivity contribution in [1.82, 2.24) is 9.73 Å². The second kappa shape index (κ2) is 10.3. The number of halogens is 1. The first-order valence-corrected chi connectivity index (χ1v) is 10.4. The van der Waals surface area contributed by atoms with Crippen LogP contribution >= 0.6 is 11.6 Å². The number of ether oxygens (including phenoxy) is 3. The summed E-state index contributed by atoms with van der Waals surface area (Å²) in [6.45, 7) is -0.446. The average Bonchev–Trinajstić information content (AvgIpc) is 2.73. The second-order valence-electron chi connectivity index (χ2n) is 5.93. The average molecular weight is 456 g/mol. The molecule has 0 aromatic heterocycles. The van der Waals surface area contributed by atoms with Gasteiger partial charge >= 0.3 is 0 Å². The van der Waals surface area contributed by atoms with Gasteiger partial charge in [-0.25, -0.2) is 13.8 Å². The molecule has 0 unspecified atom stereocenters. The number of para-hydroxylation sites is 1. The van der Waals surface area contributed by atoms with Crippen LogP contribution < -0.4 is 19.6 Å². The lowest BCUT2D eigenvalue weighted by atomic mass is 10.2. The fraction of sp³-hybridized carbons (Fsp3) is 0.263. The Morgan fingerprint density at radius 3 is 2.43 bits per heavy atom. The van der Waals surface area contributed by atoms with E-state index in [4.69, 9.17) is 25.8 Å². The van der Waals surface area contributed by atoms with Crippen molar-refractivity contribution in [3.63, 3.8) is 0 Å². The van der Waals surface area contributed by atoms with Crippen molar-refractivity contribution in [2.24, 2.45) is 5.10 Å². The molecule has 162 valence electrons. The summed E-state index contributed by atoms with van der Waals surface area (Å²) in [4.78, 5) is 12.1. The van der Waals surface area contributed by atoms with Crippen molar-refractivity contribution in [2.75, 3.05) is 34.9 Å². The molecule has 0 aliphatic rings. The van der Waals surface area contributed by atoms with Crippen LogP contribution in [-0.4, -0.2) is 59.8 Å². The number of benzene rings is 2. The van der Waals surface area contributed by atoms with E-state index in [-0.39, 0.29) is 9.92 Å². The van der Waals surface area contributed by atoms with E-state index in [1.807, 2.05) is 0 Å². The number of rotatable bonds is 9. The van der Waals surface area contributed by atoms with Crippen LogP contribution in [0.15, 0.2) is 46.4 Å². The molecule has 0 radical (unpaired) electrons. The predicted octanol–water partition coefficient (Wildman–Crippen LogP) is 2.14. The van der Waals surface area contributed by atoms with Crippen LogP contribution in [0.3, 0.4) is 0 Å². The van der Waals surface area contributed by atoms with Crippen LogP contribution in [0, 0.1) is 0 Å². The molecule has 0 spiro atoms. The molecule has 1 amide bonds. The Kier molecular flexibility index (Phi) is 8.04. The number of hydrazone groups is 1. The van der Waals surface area contributed by atoms with Gasteiger partial charge in [-0.15, -0.1) is 0 Å². The zero-order valence-electron chi connectivity index (χ0n) is 16.9.